The summed E-state index contributed by atoms with van der Waals surface area (Å²) in [6.45, 7) is 12.2. The van der Waals surface area contributed by atoms with E-state index >= 15 is 0 Å². The smallest absolute Gasteiger partial charge is 0.00959 e. The number of hydrogen-bond donors (Lipinski definition) is 0. The second kappa shape index (κ2) is 9.46. The number of hydrogen-bond acceptors (Lipinski definition) is 0. The highest BCUT2D eigenvalue weighted by atomic mass is 14.3. The second-order valence-electron chi connectivity index (χ2n) is 6.36. The van der Waals surface area contributed by atoms with Crippen molar-refractivity contribution in [2.24, 2.45) is 10.8 Å². The molecular weight excluding hydrogens is 264 g/mol. The molecule has 0 heterocycles. The second-order valence-corrected chi connectivity index (χ2v) is 6.36. The van der Waals surface area contributed by atoms with Gasteiger partial charge in [0.15, 0.2) is 0 Å². The van der Waals surface area contributed by atoms with Crippen LogP contribution in [-0.4, -0.2) is 0 Å². The van der Waals surface area contributed by atoms with Crippen LogP contribution in [-0.2, 0) is 0 Å². The third-order valence-electron chi connectivity index (χ3n) is 4.59. The lowest BCUT2D eigenvalue weighted by atomic mass is 9.78. The normalized spacial score (nSPS) is 28.8. The Labute approximate surface area is 137 Å². The average molecular weight is 296 g/mol. The summed E-state index contributed by atoms with van der Waals surface area (Å²) in [6, 6.07) is 0. The van der Waals surface area contributed by atoms with Crippen LogP contribution >= 0.6 is 0 Å². The van der Waals surface area contributed by atoms with Crippen molar-refractivity contribution in [2.75, 3.05) is 0 Å². The molecule has 0 saturated heterocycles. The first-order valence-corrected chi connectivity index (χ1v) is 8.62. The van der Waals surface area contributed by atoms with E-state index in [2.05, 4.69) is 87.8 Å². The molecule has 0 aromatic carbocycles. The molecule has 0 aromatic rings. The molecule has 0 heteroatoms. The van der Waals surface area contributed by atoms with Gasteiger partial charge in [0, 0.05) is 10.8 Å². The zero-order chi connectivity index (χ0) is 16.3. The number of rotatable bonds is 6. The van der Waals surface area contributed by atoms with E-state index in [0.29, 0.717) is 0 Å². The minimum atomic E-state index is 0.267. The molecule has 0 aromatic heterocycles. The monoisotopic (exact) mass is 296 g/mol. The summed E-state index contributed by atoms with van der Waals surface area (Å²) in [5, 5.41) is 0. The van der Waals surface area contributed by atoms with E-state index < -0.39 is 0 Å². The van der Waals surface area contributed by atoms with Gasteiger partial charge in [-0.05, 0) is 25.7 Å². The molecule has 2 aliphatic carbocycles. The van der Waals surface area contributed by atoms with Gasteiger partial charge in [0.25, 0.3) is 0 Å². The summed E-state index contributed by atoms with van der Waals surface area (Å²) >= 11 is 0. The molecule has 0 saturated carbocycles. The highest BCUT2D eigenvalue weighted by Gasteiger charge is 2.21. The molecule has 0 amide bonds. The maximum Gasteiger partial charge on any atom is 0.00959 e. The Balaban J connectivity index is 0.000000220. The highest BCUT2D eigenvalue weighted by Crippen LogP contribution is 2.34. The van der Waals surface area contributed by atoms with Crippen molar-refractivity contribution in [1.82, 2.24) is 0 Å². The van der Waals surface area contributed by atoms with Crippen LogP contribution in [0.5, 0.6) is 0 Å². The Morgan fingerprint density at radius 3 is 1.41 bits per heavy atom. The van der Waals surface area contributed by atoms with E-state index in [4.69, 9.17) is 0 Å². The van der Waals surface area contributed by atoms with E-state index in [9.17, 15) is 0 Å². The maximum absolute atomic E-state index is 3.89. The van der Waals surface area contributed by atoms with Gasteiger partial charge in [-0.3, -0.25) is 0 Å². The van der Waals surface area contributed by atoms with Crippen molar-refractivity contribution in [1.29, 1.82) is 0 Å². The molecule has 2 atom stereocenters. The molecule has 2 aliphatic rings. The van der Waals surface area contributed by atoms with Gasteiger partial charge in [-0.25, -0.2) is 0 Å². The van der Waals surface area contributed by atoms with Gasteiger partial charge in [0.1, 0.15) is 0 Å². The van der Waals surface area contributed by atoms with Crippen molar-refractivity contribution in [3.63, 3.8) is 0 Å². The van der Waals surface area contributed by atoms with Crippen LogP contribution in [0.2, 0.25) is 0 Å². The lowest BCUT2D eigenvalue weighted by Gasteiger charge is -2.26. The molecule has 120 valence electrons. The van der Waals surface area contributed by atoms with Crippen LogP contribution in [0.3, 0.4) is 0 Å². The molecule has 0 spiro atoms. The molecule has 0 nitrogen and oxygen atoms in total. The van der Waals surface area contributed by atoms with E-state index in [1.165, 1.54) is 25.7 Å². The summed E-state index contributed by atoms with van der Waals surface area (Å²) in [5.74, 6) is 0. The van der Waals surface area contributed by atoms with Crippen molar-refractivity contribution in [3.8, 4) is 0 Å². The molecule has 22 heavy (non-hydrogen) atoms. The van der Waals surface area contributed by atoms with E-state index in [1.807, 2.05) is 0 Å². The summed E-state index contributed by atoms with van der Waals surface area (Å²) in [4.78, 5) is 0. The van der Waals surface area contributed by atoms with E-state index in [-0.39, 0.29) is 10.8 Å². The van der Waals surface area contributed by atoms with Gasteiger partial charge in [0.2, 0.25) is 0 Å². The summed E-state index contributed by atoms with van der Waals surface area (Å²) in [7, 11) is 0. The van der Waals surface area contributed by atoms with Gasteiger partial charge < -0.3 is 0 Å². The largest absolute Gasteiger partial charge is 0.102 e. The first-order chi connectivity index (χ1) is 10.7. The quantitative estimate of drug-likeness (QED) is 0.465. The molecule has 0 aliphatic heterocycles. The average Bonchev–Trinajstić information content (AvgIpc) is 2.58. The van der Waals surface area contributed by atoms with Crippen molar-refractivity contribution < 1.29 is 0 Å². The molecular formula is C22H32. The molecule has 0 bridgehead atoms. The molecule has 0 radical (unpaired) electrons. The highest BCUT2D eigenvalue weighted by molar-refractivity contribution is 5.22. The molecule has 0 N–H and O–H groups in total. The van der Waals surface area contributed by atoms with Crippen LogP contribution < -0.4 is 0 Å². The fourth-order valence-electron chi connectivity index (χ4n) is 3.17. The van der Waals surface area contributed by atoms with E-state index in [0.717, 1.165) is 12.8 Å². The van der Waals surface area contributed by atoms with Crippen LogP contribution in [0, 0.1) is 10.8 Å². The molecule has 2 rings (SSSR count). The first-order valence-electron chi connectivity index (χ1n) is 8.62. The third-order valence-corrected chi connectivity index (χ3v) is 4.59. The van der Waals surface area contributed by atoms with Crippen LogP contribution in [0.1, 0.15) is 52.4 Å². The van der Waals surface area contributed by atoms with Crippen LogP contribution in [0.4, 0.5) is 0 Å². The Kier molecular flexibility index (Phi) is 7.95. The fraction of sp³-hybridized carbons (Fsp3) is 0.455. The minimum Gasteiger partial charge on any atom is -0.102 e. The summed E-state index contributed by atoms with van der Waals surface area (Å²) in [6.07, 6.45) is 28.7. The summed E-state index contributed by atoms with van der Waals surface area (Å²) in [5.41, 5.74) is 0.535. The summed E-state index contributed by atoms with van der Waals surface area (Å²) < 4.78 is 0. The van der Waals surface area contributed by atoms with Crippen LogP contribution in [0.25, 0.3) is 0 Å². The first kappa shape index (κ1) is 18.5. The maximum atomic E-state index is 3.89. The topological polar surface area (TPSA) is 0 Å². The Morgan fingerprint density at radius 1 is 0.773 bits per heavy atom. The zero-order valence-corrected chi connectivity index (χ0v) is 14.4. The van der Waals surface area contributed by atoms with Gasteiger partial charge in [0.05, 0.1) is 0 Å². The number of allylic oxidation sites excluding steroid dienone is 10. The minimum absolute atomic E-state index is 0.267. The van der Waals surface area contributed by atoms with Crippen LogP contribution in [0.15, 0.2) is 73.9 Å². The predicted octanol–water partition coefficient (Wildman–Crippen LogP) is 6.95. The Hall–Kier alpha value is -1.56. The van der Waals surface area contributed by atoms with Crippen molar-refractivity contribution in [3.05, 3.63) is 73.9 Å². The van der Waals surface area contributed by atoms with Crippen molar-refractivity contribution >= 4 is 0 Å². The standard InChI is InChI=1S/2C11H16/c2*1-3-8-11(4-2)9-6-5-7-10-11/h2*4-7,9H,2-3,8,10H2,1H3. The van der Waals surface area contributed by atoms with Gasteiger partial charge in [-0.15, -0.1) is 13.2 Å². The Morgan fingerprint density at radius 2 is 1.18 bits per heavy atom. The lowest BCUT2D eigenvalue weighted by Crippen LogP contribution is -2.14. The SMILES string of the molecule is C=CC1(CCC)C=CC=CC1.C=CC1(CCC)C=CC=CC1. The predicted molar refractivity (Wildman–Crippen MR) is 101 cm³/mol. The zero-order valence-electron chi connectivity index (χ0n) is 14.4. The molecule has 0 fully saturated rings. The van der Waals surface area contributed by atoms with Gasteiger partial charge >= 0.3 is 0 Å². The third kappa shape index (κ3) is 5.33. The van der Waals surface area contributed by atoms with Crippen molar-refractivity contribution in [2.45, 2.75) is 52.4 Å². The van der Waals surface area contributed by atoms with E-state index in [1.54, 1.807) is 0 Å². The lowest BCUT2D eigenvalue weighted by molar-refractivity contribution is 0.447. The fourth-order valence-corrected chi connectivity index (χ4v) is 3.17. The molecule has 2 unspecified atom stereocenters. The van der Waals surface area contributed by atoms with Gasteiger partial charge in [-0.1, -0.05) is 87.4 Å². The Bertz CT molecular complexity index is 416. The van der Waals surface area contributed by atoms with Gasteiger partial charge in [-0.2, -0.15) is 0 Å².